The first-order valence-corrected chi connectivity index (χ1v) is 14.1. The number of nitrogens with zero attached hydrogens (tertiary/aromatic N) is 5. The molecule has 0 radical (unpaired) electrons. The van der Waals surface area contributed by atoms with Gasteiger partial charge in [0, 0.05) is 39.1 Å². The molecular weight excluding hydrogens is 507 g/mol. The Bertz CT molecular complexity index is 1400. The van der Waals surface area contributed by atoms with E-state index in [1.165, 1.54) is 13.0 Å². The van der Waals surface area contributed by atoms with Gasteiger partial charge in [-0.3, -0.25) is 4.90 Å². The normalized spacial score (nSPS) is 19.0. The maximum absolute atomic E-state index is 13.6. The van der Waals surface area contributed by atoms with Gasteiger partial charge in [0.15, 0.2) is 15.5 Å². The highest BCUT2D eigenvalue weighted by Crippen LogP contribution is 2.34. The van der Waals surface area contributed by atoms with Gasteiger partial charge >= 0.3 is 6.18 Å². The van der Waals surface area contributed by atoms with Crippen molar-refractivity contribution in [1.29, 1.82) is 0 Å². The van der Waals surface area contributed by atoms with Crippen LogP contribution in [0.2, 0.25) is 0 Å². The van der Waals surface area contributed by atoms with E-state index >= 15 is 0 Å². The molecule has 4 heterocycles. The molecule has 200 valence electrons. The van der Waals surface area contributed by atoms with E-state index in [0.717, 1.165) is 17.4 Å². The lowest BCUT2D eigenvalue weighted by Crippen LogP contribution is -2.39. The summed E-state index contributed by atoms with van der Waals surface area (Å²) in [5.74, 6) is 0.935. The van der Waals surface area contributed by atoms with Crippen molar-refractivity contribution in [3.63, 3.8) is 0 Å². The average Bonchev–Trinajstić information content (AvgIpc) is 3.19. The van der Waals surface area contributed by atoms with Crippen LogP contribution >= 0.6 is 0 Å². The summed E-state index contributed by atoms with van der Waals surface area (Å²) in [7, 11) is -3.04. The number of imidazole rings is 1. The molecule has 2 aliphatic heterocycles. The summed E-state index contributed by atoms with van der Waals surface area (Å²) in [6.45, 7) is 7.22. The predicted octanol–water partition coefficient (Wildman–Crippen LogP) is 3.02. The SMILES string of the molecule is Cc1c(Cc2c(CN3CCS(=O)(=O)CC3)nc3c(C)cc(N4CCOCC4)nn23)cccc1C(F)(F)F. The van der Waals surface area contributed by atoms with Crippen LogP contribution in [0.4, 0.5) is 19.0 Å². The number of morpholine rings is 1. The van der Waals surface area contributed by atoms with Crippen LogP contribution < -0.4 is 4.90 Å². The molecule has 3 aromatic rings. The number of alkyl halides is 3. The fraction of sp³-hybridized carbons (Fsp3) is 0.520. The molecule has 0 amide bonds. The summed E-state index contributed by atoms with van der Waals surface area (Å²) in [5.41, 5.74) is 3.05. The van der Waals surface area contributed by atoms with E-state index in [-0.39, 0.29) is 23.5 Å². The molecule has 37 heavy (non-hydrogen) atoms. The molecule has 5 rings (SSSR count). The van der Waals surface area contributed by atoms with Gasteiger partial charge in [-0.25, -0.2) is 17.9 Å². The average molecular weight is 538 g/mol. The third-order valence-electron chi connectivity index (χ3n) is 7.19. The van der Waals surface area contributed by atoms with Crippen molar-refractivity contribution in [2.75, 3.05) is 55.8 Å². The zero-order valence-corrected chi connectivity index (χ0v) is 21.7. The highest BCUT2D eigenvalue weighted by molar-refractivity contribution is 7.91. The van der Waals surface area contributed by atoms with Crippen LogP contribution in [0.1, 0.15) is 33.6 Å². The number of rotatable bonds is 5. The van der Waals surface area contributed by atoms with Gasteiger partial charge in [0.05, 0.1) is 41.7 Å². The minimum absolute atomic E-state index is 0.0842. The quantitative estimate of drug-likeness (QED) is 0.495. The number of fused-ring (bicyclic) bond motifs is 1. The molecular formula is C25H30F3N5O3S. The maximum Gasteiger partial charge on any atom is 0.416 e. The molecule has 0 bridgehead atoms. The summed E-state index contributed by atoms with van der Waals surface area (Å²) < 4.78 is 71.9. The second-order valence-corrected chi connectivity index (χ2v) is 12.0. The molecule has 2 fully saturated rings. The first-order chi connectivity index (χ1) is 17.5. The lowest BCUT2D eigenvalue weighted by Gasteiger charge is -2.28. The van der Waals surface area contributed by atoms with Crippen molar-refractivity contribution in [3.8, 4) is 0 Å². The molecule has 8 nitrogen and oxygen atoms in total. The van der Waals surface area contributed by atoms with Crippen LogP contribution in [-0.4, -0.2) is 78.8 Å². The highest BCUT2D eigenvalue weighted by Gasteiger charge is 2.33. The Morgan fingerprint density at radius 1 is 1.05 bits per heavy atom. The maximum atomic E-state index is 13.6. The number of hydrogen-bond donors (Lipinski definition) is 0. The fourth-order valence-corrected chi connectivity index (χ4v) is 6.25. The van der Waals surface area contributed by atoms with Crippen LogP contribution in [0.15, 0.2) is 24.3 Å². The van der Waals surface area contributed by atoms with Gasteiger partial charge in [0.25, 0.3) is 0 Å². The second kappa shape index (κ2) is 9.88. The molecule has 2 aliphatic rings. The topological polar surface area (TPSA) is 80.0 Å². The van der Waals surface area contributed by atoms with Gasteiger partial charge < -0.3 is 9.64 Å². The van der Waals surface area contributed by atoms with Crippen molar-refractivity contribution in [2.45, 2.75) is 33.0 Å². The van der Waals surface area contributed by atoms with E-state index in [1.54, 1.807) is 10.6 Å². The largest absolute Gasteiger partial charge is 0.416 e. The van der Waals surface area contributed by atoms with E-state index in [4.69, 9.17) is 14.8 Å². The molecule has 0 unspecified atom stereocenters. The third-order valence-corrected chi connectivity index (χ3v) is 8.79. The van der Waals surface area contributed by atoms with E-state index in [9.17, 15) is 21.6 Å². The smallest absolute Gasteiger partial charge is 0.378 e. The number of sulfone groups is 1. The fourth-order valence-electron chi connectivity index (χ4n) is 4.98. The van der Waals surface area contributed by atoms with Crippen molar-refractivity contribution in [3.05, 3.63) is 57.9 Å². The van der Waals surface area contributed by atoms with Crippen LogP contribution in [0.3, 0.4) is 0 Å². The monoisotopic (exact) mass is 537 g/mol. The number of hydrogen-bond acceptors (Lipinski definition) is 7. The Balaban J connectivity index is 1.58. The molecule has 0 spiro atoms. The zero-order valence-electron chi connectivity index (χ0n) is 20.9. The summed E-state index contributed by atoms with van der Waals surface area (Å²) in [6, 6.07) is 6.22. The van der Waals surface area contributed by atoms with Crippen molar-refractivity contribution < 1.29 is 26.3 Å². The number of ether oxygens (including phenoxy) is 1. The van der Waals surface area contributed by atoms with Crippen molar-refractivity contribution in [2.24, 2.45) is 0 Å². The van der Waals surface area contributed by atoms with E-state index in [1.807, 2.05) is 17.9 Å². The Kier molecular flexibility index (Phi) is 6.92. The molecule has 0 aliphatic carbocycles. The third kappa shape index (κ3) is 5.46. The van der Waals surface area contributed by atoms with E-state index in [0.29, 0.717) is 68.5 Å². The number of benzene rings is 1. The van der Waals surface area contributed by atoms with E-state index in [2.05, 4.69) is 4.90 Å². The summed E-state index contributed by atoms with van der Waals surface area (Å²) >= 11 is 0. The van der Waals surface area contributed by atoms with Crippen LogP contribution in [0.25, 0.3) is 5.65 Å². The van der Waals surface area contributed by atoms with Crippen LogP contribution in [0, 0.1) is 13.8 Å². The molecule has 2 aromatic heterocycles. The van der Waals surface area contributed by atoms with Gasteiger partial charge in [0.1, 0.15) is 5.82 Å². The first-order valence-electron chi connectivity index (χ1n) is 12.3. The van der Waals surface area contributed by atoms with Crippen molar-refractivity contribution >= 4 is 21.3 Å². The molecule has 0 saturated carbocycles. The lowest BCUT2D eigenvalue weighted by atomic mass is 9.98. The Morgan fingerprint density at radius 3 is 2.43 bits per heavy atom. The van der Waals surface area contributed by atoms with Gasteiger partial charge in [-0.05, 0) is 42.7 Å². The number of aryl methyl sites for hydroxylation is 1. The number of aromatic nitrogens is 3. The predicted molar refractivity (Wildman–Crippen MR) is 134 cm³/mol. The number of anilines is 1. The van der Waals surface area contributed by atoms with Crippen molar-refractivity contribution in [1.82, 2.24) is 19.5 Å². The minimum atomic E-state index is -4.44. The van der Waals surface area contributed by atoms with Gasteiger partial charge in [0.2, 0.25) is 0 Å². The molecule has 2 saturated heterocycles. The minimum Gasteiger partial charge on any atom is -0.378 e. The first kappa shape index (κ1) is 25.9. The van der Waals surface area contributed by atoms with Gasteiger partial charge in [-0.15, -0.1) is 5.10 Å². The summed E-state index contributed by atoms with van der Waals surface area (Å²) in [4.78, 5) is 9.03. The zero-order chi connectivity index (χ0) is 26.4. The lowest BCUT2D eigenvalue weighted by molar-refractivity contribution is -0.138. The number of halogens is 3. The van der Waals surface area contributed by atoms with Crippen LogP contribution in [0.5, 0.6) is 0 Å². The summed E-state index contributed by atoms with van der Waals surface area (Å²) in [6.07, 6.45) is -4.22. The molecule has 0 N–H and O–H groups in total. The molecule has 0 atom stereocenters. The van der Waals surface area contributed by atoms with Gasteiger partial charge in [-0.1, -0.05) is 12.1 Å². The Labute approximate surface area is 214 Å². The Morgan fingerprint density at radius 2 is 1.76 bits per heavy atom. The second-order valence-electron chi connectivity index (χ2n) is 9.72. The molecule has 1 aromatic carbocycles. The standard InChI is InChI=1S/C25H30F3N5O3S/c1-17-14-23(32-6-10-36-11-7-32)30-33-22(15-19-4-3-5-20(18(19)2)25(26,27)28)21(29-24(17)33)16-31-8-12-37(34,35)13-9-31/h3-5,14H,6-13,15-16H2,1-2H3. The molecule has 12 heteroatoms. The van der Waals surface area contributed by atoms with E-state index < -0.39 is 21.6 Å². The summed E-state index contributed by atoms with van der Waals surface area (Å²) in [5, 5.41) is 4.88. The van der Waals surface area contributed by atoms with Crippen LogP contribution in [-0.2, 0) is 33.7 Å². The van der Waals surface area contributed by atoms with Gasteiger partial charge in [-0.2, -0.15) is 13.2 Å². The Hall–Kier alpha value is -2.70. The highest BCUT2D eigenvalue weighted by atomic mass is 32.2.